The first kappa shape index (κ1) is 28.8. The van der Waals surface area contributed by atoms with Crippen molar-refractivity contribution in [2.24, 2.45) is 0 Å². The van der Waals surface area contributed by atoms with Crippen LogP contribution in [0.25, 0.3) is 0 Å². The van der Waals surface area contributed by atoms with Gasteiger partial charge in [0.2, 0.25) is 0 Å². The predicted molar refractivity (Wildman–Crippen MR) is 116 cm³/mol. The van der Waals surface area contributed by atoms with Crippen molar-refractivity contribution in [3.8, 4) is 0 Å². The molecule has 0 aliphatic rings. The monoisotopic (exact) mass is 432 g/mol. The molecule has 0 rings (SSSR count). The third-order valence-corrected chi connectivity index (χ3v) is 5.15. The van der Waals surface area contributed by atoms with Gasteiger partial charge in [-0.15, -0.1) is 0 Å². The molecule has 0 radical (unpaired) electrons. The molecule has 2 atom stereocenters. The number of carbonyl (C=O) groups excluding carboxylic acids is 2. The fourth-order valence-corrected chi connectivity index (χ4v) is 3.38. The third-order valence-electron chi connectivity index (χ3n) is 5.15. The number of hydrogen-bond acceptors (Lipinski definition) is 7. The van der Waals surface area contributed by atoms with E-state index in [1.165, 1.54) is 58.3 Å². The highest BCUT2D eigenvalue weighted by Gasteiger charge is 2.21. The van der Waals surface area contributed by atoms with Crippen LogP contribution in [0.2, 0.25) is 0 Å². The number of carbonyl (C=O) groups is 2. The highest BCUT2D eigenvalue weighted by atomic mass is 16.6. The summed E-state index contributed by atoms with van der Waals surface area (Å²) in [5.41, 5.74) is 0. The van der Waals surface area contributed by atoms with Crippen LogP contribution in [0.1, 0.15) is 104 Å². The van der Waals surface area contributed by atoms with E-state index in [-0.39, 0.29) is 6.42 Å². The van der Waals surface area contributed by atoms with E-state index < -0.39 is 43.5 Å². The van der Waals surface area contributed by atoms with Crippen molar-refractivity contribution in [3.05, 3.63) is 0 Å². The minimum atomic E-state index is -0.975. The van der Waals surface area contributed by atoms with Gasteiger partial charge in [-0.25, -0.2) is 0 Å². The average molecular weight is 433 g/mol. The molecule has 0 spiro atoms. The van der Waals surface area contributed by atoms with Gasteiger partial charge in [0.1, 0.15) is 12.2 Å². The lowest BCUT2D eigenvalue weighted by atomic mass is 10.0. The molecule has 0 aromatic heterocycles. The molecule has 0 amide bonds. The van der Waals surface area contributed by atoms with Gasteiger partial charge in [0.25, 0.3) is 0 Å². The SMILES string of the molecule is CCCCCCCCCCCC[C@H](O)CC[C@H](CC(=O)OC(CO)CO)OC(C)=O. The molecule has 0 heterocycles. The minimum absolute atomic E-state index is 0.166. The van der Waals surface area contributed by atoms with Gasteiger partial charge in [-0.1, -0.05) is 71.1 Å². The maximum absolute atomic E-state index is 11.9. The second kappa shape index (κ2) is 19.8. The molecule has 0 saturated heterocycles. The van der Waals surface area contributed by atoms with Gasteiger partial charge in [0.05, 0.1) is 25.7 Å². The zero-order valence-electron chi connectivity index (χ0n) is 19.0. The summed E-state index contributed by atoms with van der Waals surface area (Å²) in [6.07, 6.45) is 11.6. The molecule has 7 heteroatoms. The summed E-state index contributed by atoms with van der Waals surface area (Å²) in [4.78, 5) is 23.1. The Kier molecular flexibility index (Phi) is 19.0. The Balaban J connectivity index is 3.95. The number of aliphatic hydroxyl groups excluding tert-OH is 3. The highest BCUT2D eigenvalue weighted by Crippen LogP contribution is 2.16. The Hall–Kier alpha value is -1.18. The standard InChI is InChI=1S/C23H44O7/c1-3-4-5-6-7-8-9-10-11-12-13-20(27)14-15-21(29-19(2)26)16-23(28)30-22(17-24)18-25/h20-22,24-25,27H,3-18H2,1-2H3/t20-,21+/m0/s1. The van der Waals surface area contributed by atoms with Crippen LogP contribution in [0.3, 0.4) is 0 Å². The summed E-state index contributed by atoms with van der Waals surface area (Å²) in [7, 11) is 0. The Morgan fingerprint density at radius 3 is 1.77 bits per heavy atom. The molecule has 0 saturated carbocycles. The van der Waals surface area contributed by atoms with Gasteiger partial charge in [0, 0.05) is 6.92 Å². The lowest BCUT2D eigenvalue weighted by molar-refractivity contribution is -0.160. The van der Waals surface area contributed by atoms with Crippen LogP contribution in [-0.2, 0) is 19.1 Å². The fraction of sp³-hybridized carbons (Fsp3) is 0.913. The summed E-state index contributed by atoms with van der Waals surface area (Å²) in [5.74, 6) is -1.16. The molecule has 0 fully saturated rings. The van der Waals surface area contributed by atoms with Crippen LogP contribution in [-0.4, -0.2) is 58.8 Å². The van der Waals surface area contributed by atoms with Gasteiger partial charge in [-0.2, -0.15) is 0 Å². The number of esters is 2. The van der Waals surface area contributed by atoms with Crippen LogP contribution < -0.4 is 0 Å². The zero-order valence-corrected chi connectivity index (χ0v) is 19.0. The Labute approximate surface area is 182 Å². The van der Waals surface area contributed by atoms with E-state index in [1.807, 2.05) is 0 Å². The smallest absolute Gasteiger partial charge is 0.309 e. The van der Waals surface area contributed by atoms with E-state index in [4.69, 9.17) is 19.7 Å². The highest BCUT2D eigenvalue weighted by molar-refractivity contribution is 5.71. The molecule has 0 aromatic carbocycles. The summed E-state index contributed by atoms with van der Waals surface area (Å²) >= 11 is 0. The van der Waals surface area contributed by atoms with E-state index in [1.54, 1.807) is 0 Å². The Morgan fingerprint density at radius 1 is 0.733 bits per heavy atom. The van der Waals surface area contributed by atoms with Crippen molar-refractivity contribution in [1.29, 1.82) is 0 Å². The molecule has 3 N–H and O–H groups in total. The van der Waals surface area contributed by atoms with E-state index in [0.29, 0.717) is 19.3 Å². The summed E-state index contributed by atoms with van der Waals surface area (Å²) < 4.78 is 10.1. The van der Waals surface area contributed by atoms with Crippen molar-refractivity contribution < 1.29 is 34.4 Å². The number of unbranched alkanes of at least 4 members (excludes halogenated alkanes) is 9. The summed E-state index contributed by atoms with van der Waals surface area (Å²) in [6.45, 7) is 2.55. The van der Waals surface area contributed by atoms with E-state index in [2.05, 4.69) is 6.92 Å². The maximum Gasteiger partial charge on any atom is 0.309 e. The Morgan fingerprint density at radius 2 is 1.27 bits per heavy atom. The summed E-state index contributed by atoms with van der Waals surface area (Å²) in [5, 5.41) is 28.1. The van der Waals surface area contributed by atoms with Gasteiger partial charge in [0.15, 0.2) is 0 Å². The number of rotatable bonds is 20. The normalized spacial score (nSPS) is 13.3. The second-order valence-electron chi connectivity index (χ2n) is 8.11. The lowest BCUT2D eigenvalue weighted by Crippen LogP contribution is -2.29. The van der Waals surface area contributed by atoms with Crippen LogP contribution in [0.5, 0.6) is 0 Å². The van der Waals surface area contributed by atoms with Gasteiger partial charge in [-0.05, 0) is 19.3 Å². The lowest BCUT2D eigenvalue weighted by Gasteiger charge is -2.20. The van der Waals surface area contributed by atoms with E-state index in [9.17, 15) is 14.7 Å². The molecule has 178 valence electrons. The topological polar surface area (TPSA) is 113 Å². The first-order chi connectivity index (χ1) is 14.4. The third kappa shape index (κ3) is 17.7. The molecule has 7 nitrogen and oxygen atoms in total. The van der Waals surface area contributed by atoms with Crippen LogP contribution >= 0.6 is 0 Å². The predicted octanol–water partition coefficient (Wildman–Crippen LogP) is 3.66. The van der Waals surface area contributed by atoms with Gasteiger partial charge < -0.3 is 24.8 Å². The first-order valence-electron chi connectivity index (χ1n) is 11.7. The van der Waals surface area contributed by atoms with Crippen LogP contribution in [0, 0.1) is 0 Å². The minimum Gasteiger partial charge on any atom is -0.462 e. The fourth-order valence-electron chi connectivity index (χ4n) is 3.38. The van der Waals surface area contributed by atoms with Crippen molar-refractivity contribution in [1.82, 2.24) is 0 Å². The number of ether oxygens (including phenoxy) is 2. The van der Waals surface area contributed by atoms with Crippen molar-refractivity contribution in [2.45, 2.75) is 122 Å². The van der Waals surface area contributed by atoms with E-state index in [0.717, 1.165) is 12.8 Å². The molecule has 0 aliphatic heterocycles. The van der Waals surface area contributed by atoms with Crippen molar-refractivity contribution in [2.75, 3.05) is 13.2 Å². The molecule has 0 aliphatic carbocycles. The number of aliphatic hydroxyl groups is 3. The molecule has 0 aromatic rings. The quantitative estimate of drug-likeness (QED) is 0.199. The summed E-state index contributed by atoms with van der Waals surface area (Å²) in [6, 6.07) is 0. The first-order valence-corrected chi connectivity index (χ1v) is 11.7. The maximum atomic E-state index is 11.9. The van der Waals surface area contributed by atoms with Crippen LogP contribution in [0.15, 0.2) is 0 Å². The van der Waals surface area contributed by atoms with Gasteiger partial charge in [-0.3, -0.25) is 9.59 Å². The van der Waals surface area contributed by atoms with Crippen LogP contribution in [0.4, 0.5) is 0 Å². The molecule has 30 heavy (non-hydrogen) atoms. The molecule has 0 bridgehead atoms. The Bertz CT molecular complexity index is 424. The molecule has 0 unspecified atom stereocenters. The number of hydrogen-bond donors (Lipinski definition) is 3. The van der Waals surface area contributed by atoms with E-state index >= 15 is 0 Å². The molecular weight excluding hydrogens is 388 g/mol. The average Bonchev–Trinajstić information content (AvgIpc) is 2.71. The second-order valence-corrected chi connectivity index (χ2v) is 8.11. The van der Waals surface area contributed by atoms with Gasteiger partial charge >= 0.3 is 11.9 Å². The van der Waals surface area contributed by atoms with Crippen molar-refractivity contribution >= 4 is 11.9 Å². The zero-order chi connectivity index (χ0) is 22.6. The largest absolute Gasteiger partial charge is 0.462 e. The molecular formula is C23H44O7. The van der Waals surface area contributed by atoms with Crippen molar-refractivity contribution in [3.63, 3.8) is 0 Å².